The molecule has 0 spiro atoms. The maximum atomic E-state index is 12.6. The van der Waals surface area contributed by atoms with E-state index in [-0.39, 0.29) is 11.7 Å². The first-order valence-corrected chi connectivity index (χ1v) is 9.89. The second-order valence-electron chi connectivity index (χ2n) is 7.46. The summed E-state index contributed by atoms with van der Waals surface area (Å²) in [7, 11) is 0. The van der Waals surface area contributed by atoms with E-state index in [1.165, 1.54) is 0 Å². The molecule has 0 atom stereocenters. The van der Waals surface area contributed by atoms with Crippen LogP contribution in [0.4, 0.5) is 5.69 Å². The van der Waals surface area contributed by atoms with E-state index in [4.69, 9.17) is 4.74 Å². The van der Waals surface area contributed by atoms with Gasteiger partial charge in [0.05, 0.1) is 22.7 Å². The third-order valence-corrected chi connectivity index (χ3v) is 5.35. The highest BCUT2D eigenvalue weighted by molar-refractivity contribution is 7.09. The lowest BCUT2D eigenvalue weighted by atomic mass is 9.92. The van der Waals surface area contributed by atoms with Crippen LogP contribution in [0, 0.1) is 6.92 Å². The SMILES string of the molecule is Cc1nc(-c2ccc(NC(=O)c3ccc4c(c3)C(=O)CC(C)(C)O4)cc2)cs1. The Hall–Kier alpha value is -2.99. The molecule has 0 unspecified atom stereocenters. The van der Waals surface area contributed by atoms with Crippen LogP contribution in [0.1, 0.15) is 46.0 Å². The van der Waals surface area contributed by atoms with Crippen LogP contribution in [-0.4, -0.2) is 22.3 Å². The molecular formula is C22H20N2O3S. The summed E-state index contributed by atoms with van der Waals surface area (Å²) in [5.41, 5.74) is 2.97. The standard InChI is InChI=1S/C22H20N2O3S/c1-13-23-18(12-28-13)14-4-7-16(8-5-14)24-21(26)15-6-9-20-17(10-15)19(25)11-22(2,3)27-20/h4-10,12H,11H2,1-3H3,(H,24,26). The smallest absolute Gasteiger partial charge is 0.255 e. The molecule has 0 bridgehead atoms. The second-order valence-corrected chi connectivity index (χ2v) is 8.52. The minimum atomic E-state index is -0.522. The van der Waals surface area contributed by atoms with Crippen molar-refractivity contribution in [2.24, 2.45) is 0 Å². The van der Waals surface area contributed by atoms with Gasteiger partial charge in [0.1, 0.15) is 11.4 Å². The summed E-state index contributed by atoms with van der Waals surface area (Å²) in [6.45, 7) is 5.73. The number of anilines is 1. The highest BCUT2D eigenvalue weighted by Crippen LogP contribution is 2.33. The summed E-state index contributed by atoms with van der Waals surface area (Å²) in [6, 6.07) is 12.5. The van der Waals surface area contributed by atoms with Gasteiger partial charge in [-0.15, -0.1) is 11.3 Å². The predicted molar refractivity (Wildman–Crippen MR) is 110 cm³/mol. The van der Waals surface area contributed by atoms with Gasteiger partial charge >= 0.3 is 0 Å². The lowest BCUT2D eigenvalue weighted by Gasteiger charge is -2.31. The van der Waals surface area contributed by atoms with Gasteiger partial charge in [-0.2, -0.15) is 0 Å². The van der Waals surface area contributed by atoms with E-state index < -0.39 is 5.60 Å². The van der Waals surface area contributed by atoms with Crippen molar-refractivity contribution in [1.82, 2.24) is 4.98 Å². The van der Waals surface area contributed by atoms with Crippen LogP contribution in [0.15, 0.2) is 47.8 Å². The zero-order chi connectivity index (χ0) is 19.9. The molecule has 0 fully saturated rings. The molecule has 5 nitrogen and oxygen atoms in total. The molecule has 142 valence electrons. The first-order valence-electron chi connectivity index (χ1n) is 9.01. The van der Waals surface area contributed by atoms with E-state index in [1.54, 1.807) is 29.5 Å². The van der Waals surface area contributed by atoms with Crippen LogP contribution in [0.2, 0.25) is 0 Å². The molecule has 0 aliphatic carbocycles. The van der Waals surface area contributed by atoms with Gasteiger partial charge in [0.15, 0.2) is 5.78 Å². The number of aryl methyl sites for hydroxylation is 1. The maximum absolute atomic E-state index is 12.6. The summed E-state index contributed by atoms with van der Waals surface area (Å²) >= 11 is 1.60. The first-order chi connectivity index (χ1) is 13.3. The maximum Gasteiger partial charge on any atom is 0.255 e. The molecule has 0 saturated heterocycles. The average Bonchev–Trinajstić information content (AvgIpc) is 3.07. The molecule has 1 aliphatic rings. The zero-order valence-corrected chi connectivity index (χ0v) is 16.7. The molecule has 4 rings (SSSR count). The number of Topliss-reactive ketones (excluding diaryl/α,β-unsaturated/α-hetero) is 1. The van der Waals surface area contributed by atoms with Crippen molar-refractivity contribution in [3.8, 4) is 17.0 Å². The predicted octanol–water partition coefficient (Wildman–Crippen LogP) is 5.11. The molecule has 6 heteroatoms. The van der Waals surface area contributed by atoms with Crippen LogP contribution in [0.25, 0.3) is 11.3 Å². The van der Waals surface area contributed by atoms with E-state index >= 15 is 0 Å². The molecule has 3 aromatic rings. The zero-order valence-electron chi connectivity index (χ0n) is 15.9. The molecule has 1 aliphatic heterocycles. The van der Waals surface area contributed by atoms with Crippen LogP contribution in [0.5, 0.6) is 5.75 Å². The number of fused-ring (bicyclic) bond motifs is 1. The number of benzene rings is 2. The van der Waals surface area contributed by atoms with Crippen molar-refractivity contribution in [3.63, 3.8) is 0 Å². The third kappa shape index (κ3) is 3.68. The third-order valence-electron chi connectivity index (χ3n) is 4.57. The fourth-order valence-corrected chi connectivity index (χ4v) is 3.84. The van der Waals surface area contributed by atoms with Crippen LogP contribution < -0.4 is 10.1 Å². The number of thiazole rings is 1. The highest BCUT2D eigenvalue weighted by Gasteiger charge is 2.32. The fourth-order valence-electron chi connectivity index (χ4n) is 3.22. The highest BCUT2D eigenvalue weighted by atomic mass is 32.1. The van der Waals surface area contributed by atoms with Crippen molar-refractivity contribution in [1.29, 1.82) is 0 Å². The summed E-state index contributed by atoms with van der Waals surface area (Å²) in [5.74, 6) is 0.252. The Morgan fingerprint density at radius 2 is 1.93 bits per heavy atom. The number of ether oxygens (including phenoxy) is 1. The number of rotatable bonds is 3. The van der Waals surface area contributed by atoms with Crippen LogP contribution >= 0.6 is 11.3 Å². The molecule has 2 heterocycles. The summed E-state index contributed by atoms with van der Waals surface area (Å²) in [6.07, 6.45) is 0.294. The van der Waals surface area contributed by atoms with Gasteiger partial charge in [0.25, 0.3) is 5.91 Å². The largest absolute Gasteiger partial charge is 0.487 e. The molecule has 28 heavy (non-hydrogen) atoms. The Kier molecular flexibility index (Phi) is 4.51. The van der Waals surface area contributed by atoms with Gasteiger partial charge in [-0.3, -0.25) is 9.59 Å². The quantitative estimate of drug-likeness (QED) is 0.672. The number of nitrogens with one attached hydrogen (secondary N) is 1. The number of aromatic nitrogens is 1. The second kappa shape index (κ2) is 6.87. The number of hydrogen-bond donors (Lipinski definition) is 1. The Morgan fingerprint density at radius 3 is 2.61 bits per heavy atom. The van der Waals surface area contributed by atoms with Crippen molar-refractivity contribution >= 4 is 28.7 Å². The van der Waals surface area contributed by atoms with Crippen LogP contribution in [-0.2, 0) is 0 Å². The number of nitrogens with zero attached hydrogens (tertiary/aromatic N) is 1. The monoisotopic (exact) mass is 392 g/mol. The van der Waals surface area contributed by atoms with Crippen molar-refractivity contribution in [2.45, 2.75) is 32.8 Å². The lowest BCUT2D eigenvalue weighted by Crippen LogP contribution is -2.36. The topological polar surface area (TPSA) is 68.3 Å². The first kappa shape index (κ1) is 18.4. The van der Waals surface area contributed by atoms with E-state index in [2.05, 4.69) is 10.3 Å². The van der Waals surface area contributed by atoms with Crippen molar-refractivity contribution in [2.75, 3.05) is 5.32 Å². The fraction of sp³-hybridized carbons (Fsp3) is 0.227. The van der Waals surface area contributed by atoms with Crippen molar-refractivity contribution in [3.05, 3.63) is 64.0 Å². The molecule has 1 aromatic heterocycles. The van der Waals surface area contributed by atoms with E-state index in [1.807, 2.05) is 50.4 Å². The number of hydrogen-bond acceptors (Lipinski definition) is 5. The summed E-state index contributed by atoms with van der Waals surface area (Å²) in [4.78, 5) is 29.5. The van der Waals surface area contributed by atoms with Gasteiger partial charge in [0.2, 0.25) is 0 Å². The molecule has 2 aromatic carbocycles. The number of ketones is 1. The molecular weight excluding hydrogens is 372 g/mol. The Morgan fingerprint density at radius 1 is 1.18 bits per heavy atom. The van der Waals surface area contributed by atoms with E-state index in [0.29, 0.717) is 29.0 Å². The summed E-state index contributed by atoms with van der Waals surface area (Å²) < 4.78 is 5.84. The minimum absolute atomic E-state index is 0.0104. The Bertz CT molecular complexity index is 1070. The number of carbonyl (C=O) groups excluding carboxylic acids is 2. The molecule has 1 N–H and O–H groups in total. The van der Waals surface area contributed by atoms with E-state index in [9.17, 15) is 9.59 Å². The van der Waals surface area contributed by atoms with Gasteiger partial charge < -0.3 is 10.1 Å². The Labute approximate surface area is 167 Å². The number of amides is 1. The van der Waals surface area contributed by atoms with Gasteiger partial charge in [0, 0.05) is 22.2 Å². The molecule has 1 amide bonds. The lowest BCUT2D eigenvalue weighted by molar-refractivity contribution is 0.0620. The average molecular weight is 392 g/mol. The number of carbonyl (C=O) groups is 2. The summed E-state index contributed by atoms with van der Waals surface area (Å²) in [5, 5.41) is 5.90. The van der Waals surface area contributed by atoms with Crippen LogP contribution in [0.3, 0.4) is 0 Å². The van der Waals surface area contributed by atoms with Gasteiger partial charge in [-0.25, -0.2) is 4.98 Å². The Balaban J connectivity index is 1.51. The molecule has 0 radical (unpaired) electrons. The molecule has 0 saturated carbocycles. The van der Waals surface area contributed by atoms with E-state index in [0.717, 1.165) is 16.3 Å². The van der Waals surface area contributed by atoms with Gasteiger partial charge in [-0.1, -0.05) is 12.1 Å². The normalized spacial score (nSPS) is 14.9. The van der Waals surface area contributed by atoms with Gasteiger partial charge in [-0.05, 0) is 51.1 Å². The van der Waals surface area contributed by atoms with Crippen molar-refractivity contribution < 1.29 is 14.3 Å². The minimum Gasteiger partial charge on any atom is -0.487 e.